The molecule has 1 rings (SSSR count). The quantitative estimate of drug-likeness (QED) is 0.660. The number of hydrazine groups is 1. The third kappa shape index (κ3) is 3.55. The van der Waals surface area contributed by atoms with E-state index < -0.39 is 6.04 Å². The van der Waals surface area contributed by atoms with Crippen LogP contribution in [0.5, 0.6) is 0 Å². The van der Waals surface area contributed by atoms with Gasteiger partial charge in [0, 0.05) is 0 Å². The lowest BCUT2D eigenvalue weighted by Gasteiger charge is -2.18. The zero-order valence-corrected chi connectivity index (χ0v) is 9.73. The molecule has 88 valence electrons. The summed E-state index contributed by atoms with van der Waals surface area (Å²) in [6.45, 7) is 3.98. The average Bonchev–Trinajstić information content (AvgIpc) is 2.35. The van der Waals surface area contributed by atoms with Crippen LogP contribution in [0.25, 0.3) is 0 Å². The predicted molar refractivity (Wildman–Crippen MR) is 65.6 cm³/mol. The smallest absolute Gasteiger partial charge is 0.255 e. The molecule has 0 saturated heterocycles. The van der Waals surface area contributed by atoms with Crippen molar-refractivity contribution >= 4 is 11.6 Å². The summed E-state index contributed by atoms with van der Waals surface area (Å²) in [6, 6.07) is 8.97. The van der Waals surface area contributed by atoms with E-state index in [1.165, 1.54) is 0 Å². The van der Waals surface area contributed by atoms with Gasteiger partial charge in [0.25, 0.3) is 5.91 Å². The standard InChI is InChI=1S/C12H19N3O/c1-3-9(2)11(13)12(16)15-14-10-7-5-4-6-8-10/h4-9,11,14H,3,13H2,1-2H3,(H,15,16)/t9?,11-/m0/s1. The van der Waals surface area contributed by atoms with E-state index in [1.807, 2.05) is 44.2 Å². The topological polar surface area (TPSA) is 67.2 Å². The number of hydrogen-bond acceptors (Lipinski definition) is 3. The molecular formula is C12H19N3O. The van der Waals surface area contributed by atoms with Gasteiger partial charge in [-0.15, -0.1) is 0 Å². The third-order valence-electron chi connectivity index (χ3n) is 2.66. The summed E-state index contributed by atoms with van der Waals surface area (Å²) in [4.78, 5) is 11.6. The van der Waals surface area contributed by atoms with Crippen molar-refractivity contribution in [2.24, 2.45) is 11.7 Å². The normalized spacial score (nSPS) is 13.9. The predicted octanol–water partition coefficient (Wildman–Crippen LogP) is 1.50. The van der Waals surface area contributed by atoms with E-state index in [-0.39, 0.29) is 11.8 Å². The summed E-state index contributed by atoms with van der Waals surface area (Å²) in [5, 5.41) is 0. The van der Waals surface area contributed by atoms with Gasteiger partial charge in [0.15, 0.2) is 0 Å². The van der Waals surface area contributed by atoms with E-state index in [1.54, 1.807) is 0 Å². The van der Waals surface area contributed by atoms with Crippen LogP contribution in [0.3, 0.4) is 0 Å². The summed E-state index contributed by atoms with van der Waals surface area (Å²) in [7, 11) is 0. The Morgan fingerprint density at radius 2 is 2.00 bits per heavy atom. The Morgan fingerprint density at radius 3 is 2.56 bits per heavy atom. The van der Waals surface area contributed by atoms with Crippen LogP contribution in [0.1, 0.15) is 20.3 Å². The summed E-state index contributed by atoms with van der Waals surface area (Å²) in [5.41, 5.74) is 12.0. The highest BCUT2D eigenvalue weighted by Gasteiger charge is 2.18. The molecular weight excluding hydrogens is 202 g/mol. The molecule has 0 heterocycles. The zero-order valence-electron chi connectivity index (χ0n) is 9.73. The van der Waals surface area contributed by atoms with Crippen molar-refractivity contribution in [3.05, 3.63) is 30.3 Å². The highest BCUT2D eigenvalue weighted by molar-refractivity contribution is 5.82. The highest BCUT2D eigenvalue weighted by Crippen LogP contribution is 2.06. The first kappa shape index (κ1) is 12.5. The van der Waals surface area contributed by atoms with Gasteiger partial charge in [-0.1, -0.05) is 38.5 Å². The molecule has 0 aliphatic heterocycles. The fraction of sp³-hybridized carbons (Fsp3) is 0.417. The van der Waals surface area contributed by atoms with Gasteiger partial charge < -0.3 is 5.73 Å². The Labute approximate surface area is 96.2 Å². The summed E-state index contributed by atoms with van der Waals surface area (Å²) in [5.74, 6) is -0.00391. The number of amides is 1. The van der Waals surface area contributed by atoms with Crippen LogP contribution in [0.4, 0.5) is 5.69 Å². The van der Waals surface area contributed by atoms with E-state index in [4.69, 9.17) is 5.73 Å². The maximum absolute atomic E-state index is 11.6. The van der Waals surface area contributed by atoms with Crippen molar-refractivity contribution in [1.29, 1.82) is 0 Å². The van der Waals surface area contributed by atoms with Gasteiger partial charge in [-0.3, -0.25) is 15.6 Å². The van der Waals surface area contributed by atoms with Crippen LogP contribution in [0.2, 0.25) is 0 Å². The molecule has 1 amide bonds. The van der Waals surface area contributed by atoms with Gasteiger partial charge in [0.2, 0.25) is 0 Å². The molecule has 0 aliphatic rings. The average molecular weight is 221 g/mol. The number of hydrogen-bond donors (Lipinski definition) is 3. The van der Waals surface area contributed by atoms with Crippen molar-refractivity contribution in [3.63, 3.8) is 0 Å². The molecule has 4 heteroatoms. The second-order valence-electron chi connectivity index (χ2n) is 3.89. The molecule has 0 fully saturated rings. The van der Waals surface area contributed by atoms with E-state index in [0.29, 0.717) is 0 Å². The molecule has 0 bridgehead atoms. The molecule has 1 unspecified atom stereocenters. The minimum Gasteiger partial charge on any atom is -0.320 e. The maximum Gasteiger partial charge on any atom is 0.255 e. The van der Waals surface area contributed by atoms with Crippen LogP contribution in [-0.2, 0) is 4.79 Å². The Balaban J connectivity index is 2.41. The number of rotatable bonds is 5. The lowest BCUT2D eigenvalue weighted by atomic mass is 10.00. The van der Waals surface area contributed by atoms with Crippen LogP contribution >= 0.6 is 0 Å². The summed E-state index contributed by atoms with van der Waals surface area (Å²) < 4.78 is 0. The number of anilines is 1. The lowest BCUT2D eigenvalue weighted by Crippen LogP contribution is -2.46. The van der Waals surface area contributed by atoms with Crippen LogP contribution in [0, 0.1) is 5.92 Å². The van der Waals surface area contributed by atoms with Gasteiger partial charge in [0.1, 0.15) is 0 Å². The number of benzene rings is 1. The first-order valence-electron chi connectivity index (χ1n) is 5.51. The molecule has 16 heavy (non-hydrogen) atoms. The molecule has 1 aromatic rings. The molecule has 4 N–H and O–H groups in total. The Bertz CT molecular complexity index is 326. The highest BCUT2D eigenvalue weighted by atomic mass is 16.2. The first-order chi connectivity index (χ1) is 7.65. The van der Waals surface area contributed by atoms with Gasteiger partial charge >= 0.3 is 0 Å². The Hall–Kier alpha value is -1.55. The van der Waals surface area contributed by atoms with Crippen molar-refractivity contribution < 1.29 is 4.79 Å². The largest absolute Gasteiger partial charge is 0.320 e. The molecule has 0 aromatic heterocycles. The fourth-order valence-corrected chi connectivity index (χ4v) is 1.25. The molecule has 2 atom stereocenters. The zero-order chi connectivity index (χ0) is 12.0. The molecule has 4 nitrogen and oxygen atoms in total. The van der Waals surface area contributed by atoms with Gasteiger partial charge in [-0.05, 0) is 18.1 Å². The van der Waals surface area contributed by atoms with Crippen LogP contribution in [0.15, 0.2) is 30.3 Å². The Kier molecular flexibility index (Phi) is 4.79. The molecule has 0 radical (unpaired) electrons. The first-order valence-corrected chi connectivity index (χ1v) is 5.51. The third-order valence-corrected chi connectivity index (χ3v) is 2.66. The van der Waals surface area contributed by atoms with E-state index in [0.717, 1.165) is 12.1 Å². The van der Waals surface area contributed by atoms with E-state index >= 15 is 0 Å². The van der Waals surface area contributed by atoms with Crippen molar-refractivity contribution in [3.8, 4) is 0 Å². The van der Waals surface area contributed by atoms with Crippen molar-refractivity contribution in [1.82, 2.24) is 5.43 Å². The van der Waals surface area contributed by atoms with Gasteiger partial charge in [-0.2, -0.15) is 0 Å². The lowest BCUT2D eigenvalue weighted by molar-refractivity contribution is -0.122. The number of para-hydroxylation sites is 1. The SMILES string of the molecule is CCC(C)[C@H](N)C(=O)NNc1ccccc1. The van der Waals surface area contributed by atoms with Crippen molar-refractivity contribution in [2.75, 3.05) is 5.43 Å². The molecule has 0 spiro atoms. The van der Waals surface area contributed by atoms with Gasteiger partial charge in [0.05, 0.1) is 11.7 Å². The second kappa shape index (κ2) is 6.12. The van der Waals surface area contributed by atoms with Crippen LogP contribution < -0.4 is 16.6 Å². The summed E-state index contributed by atoms with van der Waals surface area (Å²) in [6.07, 6.45) is 0.889. The number of carbonyl (C=O) groups excluding carboxylic acids is 1. The second-order valence-corrected chi connectivity index (χ2v) is 3.89. The van der Waals surface area contributed by atoms with Crippen molar-refractivity contribution in [2.45, 2.75) is 26.3 Å². The van der Waals surface area contributed by atoms with E-state index in [2.05, 4.69) is 10.9 Å². The Morgan fingerprint density at radius 1 is 1.38 bits per heavy atom. The maximum atomic E-state index is 11.6. The minimum absolute atomic E-state index is 0.178. The molecule has 0 saturated carbocycles. The molecule has 1 aromatic carbocycles. The van der Waals surface area contributed by atoms with Crippen LogP contribution in [-0.4, -0.2) is 11.9 Å². The minimum atomic E-state index is -0.471. The van der Waals surface area contributed by atoms with E-state index in [9.17, 15) is 4.79 Å². The molecule has 0 aliphatic carbocycles. The summed E-state index contributed by atoms with van der Waals surface area (Å²) >= 11 is 0. The monoisotopic (exact) mass is 221 g/mol. The number of nitrogens with one attached hydrogen (secondary N) is 2. The number of nitrogens with two attached hydrogens (primary N) is 1. The number of carbonyl (C=O) groups is 1. The fourth-order valence-electron chi connectivity index (χ4n) is 1.25. The van der Waals surface area contributed by atoms with Gasteiger partial charge in [-0.25, -0.2) is 0 Å².